The molecule has 0 aliphatic carbocycles. The first kappa shape index (κ1) is 15.2. The predicted molar refractivity (Wildman–Crippen MR) is 72.7 cm³/mol. The minimum Gasteiger partial charge on any atom is -0.496 e. The minimum atomic E-state index is -3.72. The highest BCUT2D eigenvalue weighted by atomic mass is 35.5. The molecule has 1 aromatic carbocycles. The van der Waals surface area contributed by atoms with Gasteiger partial charge in [0.15, 0.2) is 0 Å². The molecule has 1 atom stereocenters. The Balaban J connectivity index is 2.31. The molecule has 0 unspecified atom stereocenters. The average molecular weight is 320 g/mol. The van der Waals surface area contributed by atoms with E-state index in [1.165, 1.54) is 25.3 Å². The minimum absolute atomic E-state index is 0.0136. The number of carbonyl (C=O) groups excluding carboxylic acids is 1. The van der Waals surface area contributed by atoms with Crippen molar-refractivity contribution in [3.63, 3.8) is 0 Å². The monoisotopic (exact) mass is 319 g/mol. The fraction of sp³-hybridized carbons (Fsp3) is 0.417. The summed E-state index contributed by atoms with van der Waals surface area (Å²) in [6, 6.07) is 3.71. The van der Waals surface area contributed by atoms with Crippen LogP contribution in [-0.4, -0.2) is 40.0 Å². The molecule has 8 heteroatoms. The fourth-order valence-electron chi connectivity index (χ4n) is 1.92. The normalized spacial score (nSPS) is 19.0. The van der Waals surface area contributed by atoms with Crippen molar-refractivity contribution in [1.29, 1.82) is 0 Å². The molecular formula is C12H14ClNO5S. The summed E-state index contributed by atoms with van der Waals surface area (Å²) in [5.74, 6) is 0.230. The van der Waals surface area contributed by atoms with Crippen LogP contribution in [0.1, 0.15) is 16.8 Å². The number of nitrogens with one attached hydrogen (secondary N) is 1. The summed E-state index contributed by atoms with van der Waals surface area (Å²) < 4.78 is 37.0. The highest BCUT2D eigenvalue weighted by Gasteiger charge is 2.24. The largest absolute Gasteiger partial charge is 0.496 e. The zero-order valence-electron chi connectivity index (χ0n) is 10.8. The predicted octanol–water partition coefficient (Wildman–Crippen LogP) is 1.14. The summed E-state index contributed by atoms with van der Waals surface area (Å²) in [5, 5.41) is -0.775. The van der Waals surface area contributed by atoms with Crippen molar-refractivity contribution < 1.29 is 22.7 Å². The molecule has 0 spiro atoms. The van der Waals surface area contributed by atoms with Crippen LogP contribution in [0.25, 0.3) is 0 Å². The molecule has 1 aliphatic heterocycles. The lowest BCUT2D eigenvalue weighted by Crippen LogP contribution is -2.35. The van der Waals surface area contributed by atoms with Gasteiger partial charge in [0, 0.05) is 12.6 Å². The molecule has 0 bridgehead atoms. The molecule has 1 aliphatic rings. The van der Waals surface area contributed by atoms with Crippen LogP contribution in [0.5, 0.6) is 5.75 Å². The third-order valence-electron chi connectivity index (χ3n) is 2.94. The Morgan fingerprint density at radius 2 is 2.25 bits per heavy atom. The van der Waals surface area contributed by atoms with E-state index in [1.807, 2.05) is 0 Å². The highest BCUT2D eigenvalue weighted by molar-refractivity contribution is 7.89. The average Bonchev–Trinajstić information content (AvgIpc) is 2.89. The van der Waals surface area contributed by atoms with Gasteiger partial charge >= 0.3 is 0 Å². The number of rotatable bonds is 5. The first-order valence-electron chi connectivity index (χ1n) is 5.92. The number of halogens is 1. The Morgan fingerprint density at radius 1 is 1.50 bits per heavy atom. The Labute approximate surface area is 122 Å². The zero-order chi connectivity index (χ0) is 14.8. The highest BCUT2D eigenvalue weighted by Crippen LogP contribution is 2.24. The van der Waals surface area contributed by atoms with Gasteiger partial charge in [-0.15, -0.1) is 0 Å². The number of sulfonamides is 1. The summed E-state index contributed by atoms with van der Waals surface area (Å²) >= 11 is 5.43. The lowest BCUT2D eigenvalue weighted by molar-refractivity contribution is 0.107. The van der Waals surface area contributed by atoms with Gasteiger partial charge in [0.05, 0.1) is 24.2 Å². The van der Waals surface area contributed by atoms with E-state index >= 15 is 0 Å². The third kappa shape index (κ3) is 3.29. The molecule has 20 heavy (non-hydrogen) atoms. The summed E-state index contributed by atoms with van der Waals surface area (Å²) in [7, 11) is -2.35. The van der Waals surface area contributed by atoms with E-state index in [-0.39, 0.29) is 22.3 Å². The molecule has 1 aromatic rings. The van der Waals surface area contributed by atoms with Crippen LogP contribution in [0, 0.1) is 0 Å². The van der Waals surface area contributed by atoms with E-state index in [9.17, 15) is 13.2 Å². The van der Waals surface area contributed by atoms with E-state index in [1.54, 1.807) is 0 Å². The molecule has 2 rings (SSSR count). The first-order chi connectivity index (χ1) is 9.44. The Kier molecular flexibility index (Phi) is 4.64. The van der Waals surface area contributed by atoms with Crippen molar-refractivity contribution in [3.05, 3.63) is 23.8 Å². The SMILES string of the molecule is COc1ccc(S(=O)(=O)N[C@H]2CCOC2)cc1C(=O)Cl. The van der Waals surface area contributed by atoms with Gasteiger partial charge in [0.2, 0.25) is 10.0 Å². The molecule has 1 saturated heterocycles. The number of ether oxygens (including phenoxy) is 2. The van der Waals surface area contributed by atoms with E-state index < -0.39 is 15.3 Å². The van der Waals surface area contributed by atoms with Gasteiger partial charge in [-0.2, -0.15) is 0 Å². The second kappa shape index (κ2) is 6.09. The van der Waals surface area contributed by atoms with Crippen LogP contribution in [0.3, 0.4) is 0 Å². The van der Waals surface area contributed by atoms with Crippen LogP contribution in [0.15, 0.2) is 23.1 Å². The maximum Gasteiger partial charge on any atom is 0.256 e. The first-order valence-corrected chi connectivity index (χ1v) is 7.78. The van der Waals surface area contributed by atoms with Crippen molar-refractivity contribution >= 4 is 26.9 Å². The van der Waals surface area contributed by atoms with Crippen molar-refractivity contribution in [2.75, 3.05) is 20.3 Å². The van der Waals surface area contributed by atoms with E-state index in [0.29, 0.717) is 19.6 Å². The van der Waals surface area contributed by atoms with Crippen molar-refractivity contribution in [3.8, 4) is 5.75 Å². The van der Waals surface area contributed by atoms with Crippen LogP contribution in [-0.2, 0) is 14.8 Å². The van der Waals surface area contributed by atoms with Gasteiger partial charge in [-0.25, -0.2) is 13.1 Å². The van der Waals surface area contributed by atoms with Crippen LogP contribution >= 0.6 is 11.6 Å². The lowest BCUT2D eigenvalue weighted by atomic mass is 10.2. The molecule has 0 radical (unpaired) electrons. The quantitative estimate of drug-likeness (QED) is 0.823. The number of carbonyl (C=O) groups is 1. The summed E-state index contributed by atoms with van der Waals surface area (Å²) in [4.78, 5) is 11.3. The summed E-state index contributed by atoms with van der Waals surface area (Å²) in [6.45, 7) is 0.873. The number of benzene rings is 1. The maximum absolute atomic E-state index is 12.2. The van der Waals surface area contributed by atoms with Crippen molar-refractivity contribution in [1.82, 2.24) is 4.72 Å². The number of hydrogen-bond acceptors (Lipinski definition) is 5. The molecule has 6 nitrogen and oxygen atoms in total. The molecule has 1 heterocycles. The number of hydrogen-bond donors (Lipinski definition) is 1. The van der Waals surface area contributed by atoms with Crippen LogP contribution in [0.4, 0.5) is 0 Å². The van der Waals surface area contributed by atoms with E-state index in [2.05, 4.69) is 4.72 Å². The van der Waals surface area contributed by atoms with Crippen LogP contribution in [0.2, 0.25) is 0 Å². The van der Waals surface area contributed by atoms with Gasteiger partial charge in [-0.3, -0.25) is 4.79 Å². The van der Waals surface area contributed by atoms with E-state index in [4.69, 9.17) is 21.1 Å². The van der Waals surface area contributed by atoms with Gasteiger partial charge in [0.25, 0.3) is 5.24 Å². The lowest BCUT2D eigenvalue weighted by Gasteiger charge is -2.13. The summed E-state index contributed by atoms with van der Waals surface area (Å²) in [6.07, 6.45) is 0.622. The second-order valence-electron chi connectivity index (χ2n) is 4.32. The van der Waals surface area contributed by atoms with Crippen LogP contribution < -0.4 is 9.46 Å². The molecule has 110 valence electrons. The standard InChI is InChI=1S/C12H14ClNO5S/c1-18-11-3-2-9(6-10(11)12(13)15)20(16,17)14-8-4-5-19-7-8/h2-3,6,8,14H,4-5,7H2,1H3/t8-/m0/s1. The second-order valence-corrected chi connectivity index (χ2v) is 6.37. The molecule has 1 N–H and O–H groups in total. The summed E-state index contributed by atoms with van der Waals surface area (Å²) in [5.41, 5.74) is 0.0136. The Bertz CT molecular complexity index is 610. The molecule has 0 amide bonds. The van der Waals surface area contributed by atoms with Gasteiger partial charge in [-0.05, 0) is 36.2 Å². The van der Waals surface area contributed by atoms with E-state index in [0.717, 1.165) is 0 Å². The fourth-order valence-corrected chi connectivity index (χ4v) is 3.35. The third-order valence-corrected chi connectivity index (χ3v) is 4.67. The smallest absolute Gasteiger partial charge is 0.256 e. The molecular weight excluding hydrogens is 306 g/mol. The van der Waals surface area contributed by atoms with Crippen molar-refractivity contribution in [2.24, 2.45) is 0 Å². The topological polar surface area (TPSA) is 81.7 Å². The Morgan fingerprint density at radius 3 is 2.80 bits per heavy atom. The van der Waals surface area contributed by atoms with Gasteiger partial charge < -0.3 is 9.47 Å². The molecule has 0 aromatic heterocycles. The van der Waals surface area contributed by atoms with Gasteiger partial charge in [-0.1, -0.05) is 0 Å². The Hall–Kier alpha value is -1.15. The van der Waals surface area contributed by atoms with Gasteiger partial charge in [0.1, 0.15) is 5.75 Å². The molecule has 0 saturated carbocycles. The number of methoxy groups -OCH3 is 1. The maximum atomic E-state index is 12.2. The molecule has 1 fully saturated rings. The van der Waals surface area contributed by atoms with Crippen molar-refractivity contribution in [2.45, 2.75) is 17.4 Å². The zero-order valence-corrected chi connectivity index (χ0v) is 12.3.